The van der Waals surface area contributed by atoms with Gasteiger partial charge >= 0.3 is 5.97 Å². The van der Waals surface area contributed by atoms with E-state index < -0.39 is 16.0 Å². The highest BCUT2D eigenvalue weighted by molar-refractivity contribution is 7.89. The van der Waals surface area contributed by atoms with Gasteiger partial charge in [0, 0.05) is 25.4 Å². The fourth-order valence-corrected chi connectivity index (χ4v) is 3.75. The van der Waals surface area contributed by atoms with Crippen molar-refractivity contribution in [3.63, 3.8) is 0 Å². The molecule has 0 saturated heterocycles. The summed E-state index contributed by atoms with van der Waals surface area (Å²) in [7, 11) is -2.09. The Hall–Kier alpha value is -3.05. The Morgan fingerprint density at radius 2 is 1.94 bits per heavy atom. The molecule has 0 unspecified atom stereocenters. The van der Waals surface area contributed by atoms with E-state index in [2.05, 4.69) is 33.7 Å². The number of aromatic nitrogens is 4. The quantitative estimate of drug-likeness (QED) is 0.495. The molecule has 0 spiro atoms. The molecular weight excluding hydrogens is 422 g/mol. The van der Waals surface area contributed by atoms with E-state index in [9.17, 15) is 13.2 Å². The van der Waals surface area contributed by atoms with Crippen LogP contribution < -0.4 is 4.72 Å². The number of carbonyl (C=O) groups excluding carboxylic acids is 1. The Kier molecular flexibility index (Phi) is 6.86. The zero-order valence-electron chi connectivity index (χ0n) is 17.8. The van der Waals surface area contributed by atoms with E-state index in [0.717, 1.165) is 5.56 Å². The third kappa shape index (κ3) is 5.76. The van der Waals surface area contributed by atoms with Crippen molar-refractivity contribution >= 4 is 16.0 Å². The monoisotopic (exact) mass is 447 g/mol. The number of benzene rings is 1. The first-order chi connectivity index (χ1) is 14.7. The summed E-state index contributed by atoms with van der Waals surface area (Å²) in [4.78, 5) is 20.1. The van der Waals surface area contributed by atoms with Gasteiger partial charge in [-0.15, -0.1) is 0 Å². The van der Waals surface area contributed by atoms with Gasteiger partial charge in [0.25, 0.3) is 15.9 Å². The maximum Gasteiger partial charge on any atom is 0.307 e. The Morgan fingerprint density at radius 1 is 1.23 bits per heavy atom. The van der Waals surface area contributed by atoms with Crippen LogP contribution in [-0.2, 0) is 33.2 Å². The van der Waals surface area contributed by atoms with Gasteiger partial charge in [-0.3, -0.25) is 4.79 Å². The van der Waals surface area contributed by atoms with Gasteiger partial charge in [-0.25, -0.2) is 18.1 Å². The van der Waals surface area contributed by atoms with Crippen LogP contribution in [-0.4, -0.2) is 40.6 Å². The normalized spacial score (nSPS) is 11.8. The highest BCUT2D eigenvalue weighted by Crippen LogP contribution is 2.20. The SMILES string of the molecule is Cc1nc(S(=O)(=O)NCCC(=O)OCc2nc(-c3ccc(C(C)C)cc3)no2)cn1C. The van der Waals surface area contributed by atoms with Crippen molar-refractivity contribution in [2.24, 2.45) is 7.05 Å². The highest BCUT2D eigenvalue weighted by atomic mass is 32.2. The molecule has 0 aliphatic rings. The third-order valence-corrected chi connectivity index (χ3v) is 5.97. The number of nitrogens with zero attached hydrogens (tertiary/aromatic N) is 4. The smallest absolute Gasteiger partial charge is 0.307 e. The number of esters is 1. The molecule has 31 heavy (non-hydrogen) atoms. The second-order valence-corrected chi connectivity index (χ2v) is 9.05. The maximum absolute atomic E-state index is 12.2. The number of ether oxygens (including phenoxy) is 1. The van der Waals surface area contributed by atoms with Gasteiger partial charge in [0.2, 0.25) is 5.82 Å². The molecule has 3 aromatic rings. The molecule has 0 saturated carbocycles. The Bertz CT molecular complexity index is 1130. The molecule has 0 aliphatic heterocycles. The van der Waals surface area contributed by atoms with Crippen LogP contribution in [0.2, 0.25) is 0 Å². The molecule has 0 amide bonds. The first-order valence-electron chi connectivity index (χ1n) is 9.74. The van der Waals surface area contributed by atoms with Crippen molar-refractivity contribution in [2.75, 3.05) is 6.54 Å². The number of nitrogens with one attached hydrogen (secondary N) is 1. The molecule has 0 atom stereocenters. The number of sulfonamides is 1. The topological polar surface area (TPSA) is 129 Å². The number of aryl methyl sites for hydroxylation is 2. The predicted octanol–water partition coefficient (Wildman–Crippen LogP) is 2.31. The Balaban J connectivity index is 1.47. The van der Waals surface area contributed by atoms with Gasteiger partial charge in [0.1, 0.15) is 5.82 Å². The summed E-state index contributed by atoms with van der Waals surface area (Å²) < 4.78 is 38.5. The summed E-state index contributed by atoms with van der Waals surface area (Å²) in [6.07, 6.45) is 1.25. The number of hydrogen-bond donors (Lipinski definition) is 1. The Labute approximate surface area is 180 Å². The minimum atomic E-state index is -3.79. The summed E-state index contributed by atoms with van der Waals surface area (Å²) in [6.45, 7) is 5.61. The molecule has 11 heteroatoms. The third-order valence-electron chi connectivity index (χ3n) is 4.64. The molecular formula is C20H25N5O5S. The van der Waals surface area contributed by atoms with Crippen LogP contribution in [0.5, 0.6) is 0 Å². The summed E-state index contributed by atoms with van der Waals surface area (Å²) in [6, 6.07) is 7.82. The Morgan fingerprint density at radius 3 is 2.55 bits per heavy atom. The molecule has 2 aromatic heterocycles. The number of carbonyl (C=O) groups is 1. The lowest BCUT2D eigenvalue weighted by Gasteiger charge is -2.04. The molecule has 0 bridgehead atoms. The maximum atomic E-state index is 12.2. The van der Waals surface area contributed by atoms with Gasteiger partial charge in [-0.05, 0) is 18.4 Å². The number of imidazole rings is 1. The minimum absolute atomic E-state index is 0.0966. The van der Waals surface area contributed by atoms with Gasteiger partial charge in [-0.2, -0.15) is 4.98 Å². The van der Waals surface area contributed by atoms with Crippen molar-refractivity contribution in [2.45, 2.75) is 44.7 Å². The molecule has 0 aliphatic carbocycles. The standard InChI is InChI=1S/C20H25N5O5S/c1-13(2)15-5-7-16(8-6-15)20-23-17(30-24-20)12-29-19(26)9-10-21-31(27,28)18-11-25(4)14(3)22-18/h5-8,11,13,21H,9-10,12H2,1-4H3. The van der Waals surface area contributed by atoms with Crippen molar-refractivity contribution in [3.8, 4) is 11.4 Å². The first-order valence-corrected chi connectivity index (χ1v) is 11.2. The lowest BCUT2D eigenvalue weighted by atomic mass is 10.0. The van der Waals surface area contributed by atoms with Crippen LogP contribution in [0.15, 0.2) is 40.0 Å². The van der Waals surface area contributed by atoms with E-state index in [1.54, 1.807) is 18.5 Å². The molecule has 166 valence electrons. The fourth-order valence-electron chi connectivity index (χ4n) is 2.68. The average molecular weight is 448 g/mol. The van der Waals surface area contributed by atoms with Crippen molar-refractivity contribution in [1.29, 1.82) is 0 Å². The van der Waals surface area contributed by atoms with E-state index >= 15 is 0 Å². The highest BCUT2D eigenvalue weighted by Gasteiger charge is 2.19. The lowest BCUT2D eigenvalue weighted by molar-refractivity contribution is -0.145. The molecule has 0 radical (unpaired) electrons. The zero-order chi connectivity index (χ0) is 22.6. The number of rotatable bonds is 9. The van der Waals surface area contributed by atoms with Crippen LogP contribution in [0.25, 0.3) is 11.4 Å². The fraction of sp³-hybridized carbons (Fsp3) is 0.400. The zero-order valence-corrected chi connectivity index (χ0v) is 18.6. The second kappa shape index (κ2) is 9.40. The van der Waals surface area contributed by atoms with Gasteiger partial charge in [-0.1, -0.05) is 43.3 Å². The number of hydrogen-bond acceptors (Lipinski definition) is 8. The average Bonchev–Trinajstić information content (AvgIpc) is 3.33. The van der Waals surface area contributed by atoms with Crippen LogP contribution in [0.1, 0.15) is 43.5 Å². The van der Waals surface area contributed by atoms with Crippen LogP contribution in [0.3, 0.4) is 0 Å². The summed E-state index contributed by atoms with van der Waals surface area (Å²) >= 11 is 0. The summed E-state index contributed by atoms with van der Waals surface area (Å²) in [5, 5.41) is 3.80. The van der Waals surface area contributed by atoms with Crippen molar-refractivity contribution in [1.82, 2.24) is 24.4 Å². The summed E-state index contributed by atoms with van der Waals surface area (Å²) in [5.41, 5.74) is 2.00. The van der Waals surface area contributed by atoms with Gasteiger partial charge in [0.15, 0.2) is 11.6 Å². The van der Waals surface area contributed by atoms with Crippen LogP contribution in [0, 0.1) is 6.92 Å². The molecule has 3 rings (SSSR count). The molecule has 1 N–H and O–H groups in total. The molecule has 2 heterocycles. The first kappa shape index (κ1) is 22.6. The summed E-state index contributed by atoms with van der Waals surface area (Å²) in [5.74, 6) is 0.947. The van der Waals surface area contributed by atoms with E-state index in [4.69, 9.17) is 9.26 Å². The predicted molar refractivity (Wildman–Crippen MR) is 111 cm³/mol. The van der Waals surface area contributed by atoms with Crippen LogP contribution in [0.4, 0.5) is 0 Å². The van der Waals surface area contributed by atoms with E-state index in [-0.39, 0.29) is 30.5 Å². The molecule has 1 aromatic carbocycles. The van der Waals surface area contributed by atoms with Gasteiger partial charge < -0.3 is 13.8 Å². The molecule has 0 fully saturated rings. The van der Waals surface area contributed by atoms with Crippen molar-refractivity contribution in [3.05, 3.63) is 47.7 Å². The minimum Gasteiger partial charge on any atom is -0.456 e. The molecule has 10 nitrogen and oxygen atoms in total. The van der Waals surface area contributed by atoms with E-state index in [1.807, 2.05) is 24.3 Å². The largest absolute Gasteiger partial charge is 0.456 e. The van der Waals surface area contributed by atoms with E-state index in [1.165, 1.54) is 11.8 Å². The second-order valence-electron chi connectivity index (χ2n) is 7.33. The lowest BCUT2D eigenvalue weighted by Crippen LogP contribution is -2.27. The van der Waals surface area contributed by atoms with Crippen LogP contribution >= 0.6 is 0 Å². The van der Waals surface area contributed by atoms with E-state index in [0.29, 0.717) is 17.6 Å². The van der Waals surface area contributed by atoms with Gasteiger partial charge in [0.05, 0.1) is 6.42 Å². The van der Waals surface area contributed by atoms with Crippen molar-refractivity contribution < 1.29 is 22.5 Å².